The Morgan fingerprint density at radius 2 is 1.74 bits per heavy atom. The minimum absolute atomic E-state index is 0.0908. The molecule has 1 aromatic carbocycles. The van der Waals surface area contributed by atoms with Crippen LogP contribution < -0.4 is 5.73 Å². The number of anilines is 1. The van der Waals surface area contributed by atoms with Crippen LogP contribution in [0.25, 0.3) is 0 Å². The van der Waals surface area contributed by atoms with E-state index in [4.69, 9.17) is 5.73 Å². The van der Waals surface area contributed by atoms with Crippen LogP contribution in [-0.4, -0.2) is 10.8 Å². The van der Waals surface area contributed by atoms with Crippen LogP contribution >= 0.6 is 0 Å². The molecular formula is C13H9F3N2O. The Kier molecular flexibility index (Phi) is 3.25. The topological polar surface area (TPSA) is 56.0 Å². The van der Waals surface area contributed by atoms with Crippen LogP contribution in [0.4, 0.5) is 19.0 Å². The van der Waals surface area contributed by atoms with Crippen molar-refractivity contribution in [3.05, 3.63) is 58.5 Å². The third kappa shape index (κ3) is 2.29. The maximum Gasteiger partial charge on any atom is 0.202 e. The van der Waals surface area contributed by atoms with Gasteiger partial charge in [-0.3, -0.25) is 4.79 Å². The quantitative estimate of drug-likeness (QED) is 0.850. The van der Waals surface area contributed by atoms with Crippen molar-refractivity contribution < 1.29 is 18.0 Å². The van der Waals surface area contributed by atoms with Gasteiger partial charge in [-0.05, 0) is 18.6 Å². The first-order chi connectivity index (χ1) is 8.91. The van der Waals surface area contributed by atoms with E-state index in [0.717, 1.165) is 0 Å². The predicted molar refractivity (Wildman–Crippen MR) is 63.1 cm³/mol. The van der Waals surface area contributed by atoms with Gasteiger partial charge < -0.3 is 5.73 Å². The van der Waals surface area contributed by atoms with Crippen molar-refractivity contribution in [3.8, 4) is 0 Å². The van der Waals surface area contributed by atoms with Crippen LogP contribution in [0.5, 0.6) is 0 Å². The van der Waals surface area contributed by atoms with Crippen molar-refractivity contribution in [2.45, 2.75) is 6.92 Å². The predicted octanol–water partition coefficient (Wildman–Crippen LogP) is 2.62. The maximum atomic E-state index is 13.5. The number of halogens is 3. The van der Waals surface area contributed by atoms with Crippen LogP contribution in [0, 0.1) is 24.4 Å². The Morgan fingerprint density at radius 3 is 2.26 bits per heavy atom. The molecular weight excluding hydrogens is 257 g/mol. The largest absolute Gasteiger partial charge is 0.383 e. The van der Waals surface area contributed by atoms with E-state index in [1.165, 1.54) is 12.3 Å². The van der Waals surface area contributed by atoms with Gasteiger partial charge >= 0.3 is 0 Å². The molecule has 0 atom stereocenters. The molecule has 2 rings (SSSR count). The molecule has 0 aliphatic rings. The fraction of sp³-hybridized carbons (Fsp3) is 0.0769. The fourth-order valence-corrected chi connectivity index (χ4v) is 1.76. The monoisotopic (exact) mass is 266 g/mol. The Labute approximate surface area is 106 Å². The molecule has 0 spiro atoms. The molecule has 0 fully saturated rings. The number of aromatic nitrogens is 1. The van der Waals surface area contributed by atoms with E-state index in [9.17, 15) is 18.0 Å². The van der Waals surface area contributed by atoms with Gasteiger partial charge in [-0.25, -0.2) is 18.2 Å². The lowest BCUT2D eigenvalue weighted by atomic mass is 9.99. The van der Waals surface area contributed by atoms with Gasteiger partial charge in [0.2, 0.25) is 5.78 Å². The van der Waals surface area contributed by atoms with Gasteiger partial charge in [0.1, 0.15) is 23.3 Å². The molecule has 6 heteroatoms. The zero-order chi connectivity index (χ0) is 14.2. The summed E-state index contributed by atoms with van der Waals surface area (Å²) in [5.74, 6) is -4.73. The lowest BCUT2D eigenvalue weighted by molar-refractivity contribution is 0.103. The summed E-state index contributed by atoms with van der Waals surface area (Å²) in [7, 11) is 0. The second kappa shape index (κ2) is 4.72. The summed E-state index contributed by atoms with van der Waals surface area (Å²) in [5.41, 5.74) is 5.04. The van der Waals surface area contributed by atoms with E-state index < -0.39 is 28.8 Å². The summed E-state index contributed by atoms with van der Waals surface area (Å²) in [6.45, 7) is 1.56. The third-order valence-corrected chi connectivity index (χ3v) is 2.65. The van der Waals surface area contributed by atoms with Crippen molar-refractivity contribution in [1.82, 2.24) is 4.98 Å². The molecule has 0 amide bonds. The number of ketones is 1. The average molecular weight is 266 g/mol. The van der Waals surface area contributed by atoms with Crippen LogP contribution in [0.15, 0.2) is 24.4 Å². The van der Waals surface area contributed by atoms with E-state index in [2.05, 4.69) is 4.98 Å². The van der Waals surface area contributed by atoms with E-state index in [1.54, 1.807) is 6.92 Å². The van der Waals surface area contributed by atoms with Crippen molar-refractivity contribution in [2.75, 3.05) is 5.73 Å². The van der Waals surface area contributed by atoms with Gasteiger partial charge in [-0.1, -0.05) is 0 Å². The molecule has 0 saturated carbocycles. The summed E-state index contributed by atoms with van der Waals surface area (Å²) in [4.78, 5) is 15.8. The lowest BCUT2D eigenvalue weighted by Crippen LogP contribution is -2.13. The van der Waals surface area contributed by atoms with Crippen molar-refractivity contribution in [3.63, 3.8) is 0 Å². The molecule has 19 heavy (non-hydrogen) atoms. The number of nitrogens with two attached hydrogens (primary N) is 1. The highest BCUT2D eigenvalue weighted by atomic mass is 19.1. The zero-order valence-electron chi connectivity index (χ0n) is 9.88. The maximum absolute atomic E-state index is 13.5. The number of hydrogen-bond acceptors (Lipinski definition) is 3. The molecule has 3 nitrogen and oxygen atoms in total. The van der Waals surface area contributed by atoms with Crippen LogP contribution in [-0.2, 0) is 0 Å². The van der Waals surface area contributed by atoms with E-state index in [1.807, 2.05) is 0 Å². The average Bonchev–Trinajstić information content (AvgIpc) is 2.26. The van der Waals surface area contributed by atoms with Crippen molar-refractivity contribution in [1.29, 1.82) is 0 Å². The lowest BCUT2D eigenvalue weighted by Gasteiger charge is -2.09. The number of carbonyl (C=O) groups excluding carboxylic acids is 1. The highest BCUT2D eigenvalue weighted by Gasteiger charge is 2.23. The molecule has 0 unspecified atom stereocenters. The van der Waals surface area contributed by atoms with Gasteiger partial charge in [-0.2, -0.15) is 0 Å². The highest BCUT2D eigenvalue weighted by Crippen LogP contribution is 2.23. The van der Waals surface area contributed by atoms with Crippen LogP contribution in [0.1, 0.15) is 21.5 Å². The second-order valence-corrected chi connectivity index (χ2v) is 3.96. The van der Waals surface area contributed by atoms with Crippen LogP contribution in [0.2, 0.25) is 0 Å². The molecule has 98 valence electrons. The van der Waals surface area contributed by atoms with Gasteiger partial charge in [-0.15, -0.1) is 0 Å². The molecule has 0 aliphatic heterocycles. The normalized spacial score (nSPS) is 10.5. The van der Waals surface area contributed by atoms with Gasteiger partial charge in [0, 0.05) is 18.3 Å². The summed E-state index contributed by atoms with van der Waals surface area (Å²) < 4.78 is 39.9. The van der Waals surface area contributed by atoms with Gasteiger partial charge in [0.25, 0.3) is 0 Å². The number of nitrogen functional groups attached to an aromatic ring is 1. The Hall–Kier alpha value is -2.37. The Bertz CT molecular complexity index is 628. The standard InChI is InChI=1S/C13H9F3N2O/c1-6-2-3-18-13(17)10(6)12(19)11-8(15)4-7(14)5-9(11)16/h2-5H,1H3,(H2,17,18). The minimum Gasteiger partial charge on any atom is -0.383 e. The molecule has 0 aliphatic carbocycles. The van der Waals surface area contributed by atoms with Gasteiger partial charge in [0.15, 0.2) is 0 Å². The number of rotatable bonds is 2. The van der Waals surface area contributed by atoms with E-state index >= 15 is 0 Å². The minimum atomic E-state index is -1.27. The second-order valence-electron chi connectivity index (χ2n) is 3.96. The first-order valence-corrected chi connectivity index (χ1v) is 5.32. The Balaban J connectivity index is 2.64. The summed E-state index contributed by atoms with van der Waals surface area (Å²) in [5, 5.41) is 0. The Morgan fingerprint density at radius 1 is 1.16 bits per heavy atom. The first kappa shape index (κ1) is 13.1. The number of pyridine rings is 1. The van der Waals surface area contributed by atoms with Gasteiger partial charge in [0.05, 0.1) is 11.1 Å². The summed E-state index contributed by atoms with van der Waals surface area (Å²) in [6.07, 6.45) is 1.37. The number of aryl methyl sites for hydroxylation is 1. The molecule has 2 aromatic rings. The molecule has 1 aromatic heterocycles. The number of hydrogen-bond donors (Lipinski definition) is 1. The SMILES string of the molecule is Cc1ccnc(N)c1C(=O)c1c(F)cc(F)cc1F. The molecule has 0 saturated heterocycles. The molecule has 2 N–H and O–H groups in total. The number of nitrogens with zero attached hydrogens (tertiary/aromatic N) is 1. The zero-order valence-corrected chi connectivity index (χ0v) is 9.88. The van der Waals surface area contributed by atoms with E-state index in [0.29, 0.717) is 17.7 Å². The summed E-state index contributed by atoms with van der Waals surface area (Å²) in [6, 6.07) is 2.37. The number of benzene rings is 1. The molecule has 0 radical (unpaired) electrons. The fourth-order valence-electron chi connectivity index (χ4n) is 1.76. The molecule has 0 bridgehead atoms. The van der Waals surface area contributed by atoms with E-state index in [-0.39, 0.29) is 11.4 Å². The highest BCUT2D eigenvalue weighted by molar-refractivity contribution is 6.12. The summed E-state index contributed by atoms with van der Waals surface area (Å²) >= 11 is 0. The first-order valence-electron chi connectivity index (χ1n) is 5.32. The van der Waals surface area contributed by atoms with Crippen LogP contribution in [0.3, 0.4) is 0 Å². The number of carbonyl (C=O) groups is 1. The third-order valence-electron chi connectivity index (χ3n) is 2.65. The molecule has 1 heterocycles. The van der Waals surface area contributed by atoms with Crippen molar-refractivity contribution >= 4 is 11.6 Å². The van der Waals surface area contributed by atoms with Crippen molar-refractivity contribution in [2.24, 2.45) is 0 Å². The smallest absolute Gasteiger partial charge is 0.202 e.